The molecule has 0 fully saturated rings. The summed E-state index contributed by atoms with van der Waals surface area (Å²) in [7, 11) is 0. The van der Waals surface area contributed by atoms with Gasteiger partial charge < -0.3 is 19.7 Å². The Labute approximate surface area is 208 Å². The molecule has 0 spiro atoms. The Hall–Kier alpha value is -3.22. The van der Waals surface area contributed by atoms with Gasteiger partial charge in [0.2, 0.25) is 0 Å². The zero-order chi connectivity index (χ0) is 24.2. The van der Waals surface area contributed by atoms with Crippen LogP contribution in [0.1, 0.15) is 19.4 Å². The van der Waals surface area contributed by atoms with Crippen molar-refractivity contribution in [2.45, 2.75) is 32.5 Å². The Balaban J connectivity index is 1.46. The molecule has 1 aliphatic rings. The molecule has 3 aromatic carbocycles. The van der Waals surface area contributed by atoms with Crippen LogP contribution in [-0.4, -0.2) is 30.6 Å². The zero-order valence-electron chi connectivity index (χ0n) is 18.8. The standard InChI is InChI=1S/C26H24Cl2N2O4/c1-16(33-23-11-8-19(27)14-21(23)28)25(31)29-20-9-10-22-24(15-20)34-17(2)26(32)30(22)13-12-18-6-4-3-5-7-18/h3-11,14-17H,12-13H2,1-2H3,(H,29,31). The van der Waals surface area contributed by atoms with E-state index in [0.717, 1.165) is 12.0 Å². The van der Waals surface area contributed by atoms with Crippen LogP contribution >= 0.6 is 23.2 Å². The van der Waals surface area contributed by atoms with Gasteiger partial charge in [-0.3, -0.25) is 9.59 Å². The minimum atomic E-state index is -0.807. The van der Waals surface area contributed by atoms with Gasteiger partial charge in [0.05, 0.1) is 10.7 Å². The summed E-state index contributed by atoms with van der Waals surface area (Å²) >= 11 is 12.0. The lowest BCUT2D eigenvalue weighted by molar-refractivity contribution is -0.125. The minimum Gasteiger partial charge on any atom is -0.479 e. The molecule has 4 rings (SSSR count). The fourth-order valence-electron chi connectivity index (χ4n) is 3.66. The van der Waals surface area contributed by atoms with Gasteiger partial charge in [-0.05, 0) is 56.2 Å². The molecule has 0 saturated heterocycles. The van der Waals surface area contributed by atoms with Crippen LogP contribution in [0.2, 0.25) is 10.0 Å². The number of carbonyl (C=O) groups is 2. The predicted molar refractivity (Wildman–Crippen MR) is 134 cm³/mol. The predicted octanol–water partition coefficient (Wildman–Crippen LogP) is 5.76. The highest BCUT2D eigenvalue weighted by Gasteiger charge is 2.31. The number of hydrogen-bond acceptors (Lipinski definition) is 4. The van der Waals surface area contributed by atoms with Crippen molar-refractivity contribution in [1.29, 1.82) is 0 Å². The number of halogens is 2. The third kappa shape index (κ3) is 5.46. The second-order valence-corrected chi connectivity index (χ2v) is 8.84. The smallest absolute Gasteiger partial charge is 0.267 e. The maximum atomic E-state index is 12.8. The average molecular weight is 499 g/mol. The van der Waals surface area contributed by atoms with E-state index >= 15 is 0 Å². The number of fused-ring (bicyclic) bond motifs is 1. The molecule has 1 heterocycles. The van der Waals surface area contributed by atoms with Crippen molar-refractivity contribution in [2.75, 3.05) is 16.8 Å². The Morgan fingerprint density at radius 1 is 1.12 bits per heavy atom. The fourth-order valence-corrected chi connectivity index (χ4v) is 4.12. The van der Waals surface area contributed by atoms with Crippen LogP contribution in [0.3, 0.4) is 0 Å². The molecule has 1 N–H and O–H groups in total. The largest absolute Gasteiger partial charge is 0.479 e. The van der Waals surface area contributed by atoms with Crippen molar-refractivity contribution in [3.05, 3.63) is 82.3 Å². The fraction of sp³-hybridized carbons (Fsp3) is 0.231. The monoisotopic (exact) mass is 498 g/mol. The van der Waals surface area contributed by atoms with E-state index in [0.29, 0.717) is 39.5 Å². The van der Waals surface area contributed by atoms with Crippen molar-refractivity contribution >= 4 is 46.4 Å². The van der Waals surface area contributed by atoms with E-state index in [1.54, 1.807) is 55.1 Å². The second-order valence-electron chi connectivity index (χ2n) is 7.99. The number of nitrogens with zero attached hydrogens (tertiary/aromatic N) is 1. The molecule has 0 aromatic heterocycles. The van der Waals surface area contributed by atoms with Gasteiger partial charge in [0.25, 0.3) is 11.8 Å². The van der Waals surface area contributed by atoms with E-state index < -0.39 is 12.2 Å². The number of carbonyl (C=O) groups excluding carboxylic acids is 2. The quantitative estimate of drug-likeness (QED) is 0.449. The number of nitrogens with one attached hydrogen (secondary N) is 1. The molecule has 0 saturated carbocycles. The van der Waals surface area contributed by atoms with Crippen molar-refractivity contribution in [3.8, 4) is 11.5 Å². The molecule has 6 nitrogen and oxygen atoms in total. The van der Waals surface area contributed by atoms with Gasteiger partial charge in [0, 0.05) is 23.3 Å². The van der Waals surface area contributed by atoms with E-state index in [2.05, 4.69) is 5.32 Å². The van der Waals surface area contributed by atoms with Gasteiger partial charge in [0.1, 0.15) is 11.5 Å². The van der Waals surface area contributed by atoms with Gasteiger partial charge in [-0.1, -0.05) is 53.5 Å². The Bertz CT molecular complexity index is 1200. The highest BCUT2D eigenvalue weighted by atomic mass is 35.5. The highest BCUT2D eigenvalue weighted by Crippen LogP contribution is 2.36. The van der Waals surface area contributed by atoms with Crippen molar-refractivity contribution < 1.29 is 19.1 Å². The van der Waals surface area contributed by atoms with Crippen LogP contribution in [0.15, 0.2) is 66.7 Å². The third-order valence-corrected chi connectivity index (χ3v) is 6.00. The first-order valence-electron chi connectivity index (χ1n) is 10.9. The van der Waals surface area contributed by atoms with Crippen LogP contribution in [-0.2, 0) is 16.0 Å². The molecule has 0 aliphatic carbocycles. The maximum absolute atomic E-state index is 12.8. The molecule has 2 amide bonds. The molecule has 0 radical (unpaired) electrons. The summed E-state index contributed by atoms with van der Waals surface area (Å²) in [6.45, 7) is 3.88. The lowest BCUT2D eigenvalue weighted by atomic mass is 10.1. The topological polar surface area (TPSA) is 67.9 Å². The Kier molecular flexibility index (Phi) is 7.29. The van der Waals surface area contributed by atoms with E-state index in [4.69, 9.17) is 32.7 Å². The van der Waals surface area contributed by atoms with Crippen molar-refractivity contribution in [1.82, 2.24) is 0 Å². The number of ether oxygens (including phenoxy) is 2. The van der Waals surface area contributed by atoms with E-state index in [9.17, 15) is 9.59 Å². The van der Waals surface area contributed by atoms with Gasteiger partial charge in [-0.2, -0.15) is 0 Å². The normalized spacial score (nSPS) is 15.8. The zero-order valence-corrected chi connectivity index (χ0v) is 20.3. The molecule has 8 heteroatoms. The molecule has 3 aromatic rings. The Morgan fingerprint density at radius 3 is 2.62 bits per heavy atom. The molecule has 0 bridgehead atoms. The number of hydrogen-bond donors (Lipinski definition) is 1. The molecule has 2 atom stereocenters. The van der Waals surface area contributed by atoms with E-state index in [-0.39, 0.29) is 11.8 Å². The summed E-state index contributed by atoms with van der Waals surface area (Å²) in [5, 5.41) is 3.63. The first-order valence-corrected chi connectivity index (χ1v) is 11.7. The van der Waals surface area contributed by atoms with E-state index in [1.807, 2.05) is 30.3 Å². The summed E-state index contributed by atoms with van der Waals surface area (Å²) in [6, 6.07) is 20.0. The van der Waals surface area contributed by atoms with Gasteiger partial charge >= 0.3 is 0 Å². The molecular weight excluding hydrogens is 475 g/mol. The molecule has 2 unspecified atom stereocenters. The first kappa shape index (κ1) is 23.9. The maximum Gasteiger partial charge on any atom is 0.267 e. The minimum absolute atomic E-state index is 0.0953. The number of amides is 2. The summed E-state index contributed by atoms with van der Waals surface area (Å²) in [4.78, 5) is 27.2. The molecular formula is C26H24Cl2N2O4. The lowest BCUT2D eigenvalue weighted by Gasteiger charge is -2.33. The lowest BCUT2D eigenvalue weighted by Crippen LogP contribution is -2.45. The van der Waals surface area contributed by atoms with Crippen LogP contribution in [0.25, 0.3) is 0 Å². The van der Waals surface area contributed by atoms with Gasteiger partial charge in [-0.25, -0.2) is 0 Å². The van der Waals surface area contributed by atoms with Crippen LogP contribution in [0.4, 0.5) is 11.4 Å². The average Bonchev–Trinajstić information content (AvgIpc) is 2.82. The van der Waals surface area contributed by atoms with Crippen molar-refractivity contribution in [3.63, 3.8) is 0 Å². The number of anilines is 2. The molecule has 1 aliphatic heterocycles. The van der Waals surface area contributed by atoms with Crippen molar-refractivity contribution in [2.24, 2.45) is 0 Å². The van der Waals surface area contributed by atoms with Crippen LogP contribution < -0.4 is 19.7 Å². The van der Waals surface area contributed by atoms with Gasteiger partial charge in [-0.15, -0.1) is 0 Å². The SMILES string of the molecule is CC(Oc1ccc(Cl)cc1Cl)C(=O)Nc1ccc2c(c1)OC(C)C(=O)N2CCc1ccccc1. The van der Waals surface area contributed by atoms with Gasteiger partial charge in [0.15, 0.2) is 12.2 Å². The van der Waals surface area contributed by atoms with Crippen LogP contribution in [0, 0.1) is 0 Å². The first-order chi connectivity index (χ1) is 16.3. The summed E-state index contributed by atoms with van der Waals surface area (Å²) in [5.74, 6) is 0.449. The molecule has 34 heavy (non-hydrogen) atoms. The highest BCUT2D eigenvalue weighted by molar-refractivity contribution is 6.35. The second kappa shape index (κ2) is 10.4. The third-order valence-electron chi connectivity index (χ3n) is 5.47. The Morgan fingerprint density at radius 2 is 1.88 bits per heavy atom. The summed E-state index contributed by atoms with van der Waals surface area (Å²) in [6.07, 6.45) is -0.707. The van der Waals surface area contributed by atoms with Crippen LogP contribution in [0.5, 0.6) is 11.5 Å². The number of benzene rings is 3. The summed E-state index contributed by atoms with van der Waals surface area (Å²) in [5.41, 5.74) is 2.36. The summed E-state index contributed by atoms with van der Waals surface area (Å²) < 4.78 is 11.5. The van der Waals surface area contributed by atoms with E-state index in [1.165, 1.54) is 0 Å². The number of rotatable bonds is 7. The molecule has 176 valence electrons.